The molecule has 5 nitrogen and oxygen atoms in total. The summed E-state index contributed by atoms with van der Waals surface area (Å²) < 4.78 is 0. The van der Waals surface area contributed by atoms with E-state index in [1.807, 2.05) is 5.38 Å². The maximum atomic E-state index is 12.3. The van der Waals surface area contributed by atoms with Gasteiger partial charge in [0.25, 0.3) is 11.8 Å². The first kappa shape index (κ1) is 18.7. The number of thiophene rings is 1. The van der Waals surface area contributed by atoms with Crippen LogP contribution in [0.3, 0.4) is 0 Å². The van der Waals surface area contributed by atoms with Crippen molar-refractivity contribution in [2.75, 3.05) is 18.4 Å². The Morgan fingerprint density at radius 2 is 2.08 bits per heavy atom. The average Bonchev–Trinajstić information content (AvgIpc) is 3.22. The summed E-state index contributed by atoms with van der Waals surface area (Å²) in [6, 6.07) is 8.56. The minimum Gasteiger partial charge on any atom is -0.348 e. The molecule has 0 saturated carbocycles. The molecule has 2 heterocycles. The van der Waals surface area contributed by atoms with Crippen molar-refractivity contribution in [1.29, 1.82) is 0 Å². The topological polar surface area (TPSA) is 70.2 Å². The molecule has 1 aromatic carbocycles. The summed E-state index contributed by atoms with van der Waals surface area (Å²) in [5.41, 5.74) is 0.907. The van der Waals surface area contributed by atoms with E-state index in [1.165, 1.54) is 11.3 Å². The molecular formula is C16H17Cl2N3O2S. The van der Waals surface area contributed by atoms with Crippen molar-refractivity contribution in [3.63, 3.8) is 0 Å². The van der Waals surface area contributed by atoms with Crippen LogP contribution in [0.25, 0.3) is 0 Å². The van der Waals surface area contributed by atoms with Crippen LogP contribution in [-0.4, -0.2) is 30.9 Å². The molecular weight excluding hydrogens is 369 g/mol. The number of benzene rings is 1. The fraction of sp³-hybridized carbons (Fsp3) is 0.250. The van der Waals surface area contributed by atoms with Gasteiger partial charge in [-0.1, -0.05) is 17.7 Å². The molecule has 2 aromatic rings. The van der Waals surface area contributed by atoms with E-state index in [0.29, 0.717) is 21.2 Å². The first-order chi connectivity index (χ1) is 11.1. The molecule has 1 atom stereocenters. The monoisotopic (exact) mass is 385 g/mol. The highest BCUT2D eigenvalue weighted by molar-refractivity contribution is 7.12. The Kier molecular flexibility index (Phi) is 6.62. The van der Waals surface area contributed by atoms with Crippen LogP contribution in [0.15, 0.2) is 35.7 Å². The van der Waals surface area contributed by atoms with Crippen molar-refractivity contribution < 1.29 is 9.59 Å². The number of rotatable bonds is 4. The largest absolute Gasteiger partial charge is 0.348 e. The highest BCUT2D eigenvalue weighted by Crippen LogP contribution is 2.24. The lowest BCUT2D eigenvalue weighted by Crippen LogP contribution is -2.36. The molecule has 3 rings (SSSR count). The van der Waals surface area contributed by atoms with Gasteiger partial charge in [-0.3, -0.25) is 9.59 Å². The molecule has 1 aliphatic rings. The van der Waals surface area contributed by atoms with Gasteiger partial charge in [0.15, 0.2) is 0 Å². The van der Waals surface area contributed by atoms with Crippen LogP contribution in [0, 0.1) is 0 Å². The van der Waals surface area contributed by atoms with Crippen LogP contribution in [0.5, 0.6) is 0 Å². The average molecular weight is 386 g/mol. The number of carbonyl (C=O) groups excluding carboxylic acids is 2. The van der Waals surface area contributed by atoms with Crippen molar-refractivity contribution >= 4 is 52.8 Å². The highest BCUT2D eigenvalue weighted by atomic mass is 35.5. The van der Waals surface area contributed by atoms with Gasteiger partial charge in [-0.2, -0.15) is 0 Å². The molecule has 0 spiro atoms. The van der Waals surface area contributed by atoms with E-state index >= 15 is 0 Å². The van der Waals surface area contributed by atoms with Crippen molar-refractivity contribution in [2.24, 2.45) is 0 Å². The Labute approximate surface area is 155 Å². The second kappa shape index (κ2) is 8.48. The van der Waals surface area contributed by atoms with Crippen molar-refractivity contribution in [2.45, 2.75) is 12.5 Å². The lowest BCUT2D eigenvalue weighted by atomic mass is 10.1. The number of nitrogens with one attached hydrogen (secondary N) is 3. The van der Waals surface area contributed by atoms with E-state index in [-0.39, 0.29) is 30.3 Å². The molecule has 3 N–H and O–H groups in total. The lowest BCUT2D eigenvalue weighted by Gasteiger charge is -2.13. The minimum absolute atomic E-state index is 0. The molecule has 1 fully saturated rings. The Bertz CT molecular complexity index is 716. The van der Waals surface area contributed by atoms with Crippen LogP contribution < -0.4 is 16.0 Å². The molecule has 2 amide bonds. The second-order valence-corrected chi connectivity index (χ2v) is 6.64. The molecule has 0 radical (unpaired) electrons. The molecule has 1 saturated heterocycles. The SMILES string of the molecule is Cl.O=C(NC1CCNC1)c1ccc(Cl)c(NC(=O)c2cccs2)c1. The standard InChI is InChI=1S/C16H16ClN3O2S.ClH/c17-12-4-3-10(15(21)19-11-5-6-18-9-11)8-13(12)20-16(22)14-2-1-7-23-14;/h1-4,7-8,11,18H,5-6,9H2,(H,19,21)(H,20,22);1H. The second-order valence-electron chi connectivity index (χ2n) is 5.29. The zero-order chi connectivity index (χ0) is 16.2. The van der Waals surface area contributed by atoms with Gasteiger partial charge < -0.3 is 16.0 Å². The smallest absolute Gasteiger partial charge is 0.265 e. The van der Waals surface area contributed by atoms with E-state index in [0.717, 1.165) is 19.5 Å². The van der Waals surface area contributed by atoms with Crippen molar-refractivity contribution in [3.8, 4) is 0 Å². The van der Waals surface area contributed by atoms with Crippen LogP contribution in [0.1, 0.15) is 26.5 Å². The van der Waals surface area contributed by atoms with Gasteiger partial charge in [0.05, 0.1) is 15.6 Å². The number of hydrogen-bond acceptors (Lipinski definition) is 4. The van der Waals surface area contributed by atoms with Gasteiger partial charge in [0.2, 0.25) is 0 Å². The Balaban J connectivity index is 0.00000208. The van der Waals surface area contributed by atoms with E-state index in [2.05, 4.69) is 16.0 Å². The van der Waals surface area contributed by atoms with Crippen molar-refractivity contribution in [1.82, 2.24) is 10.6 Å². The fourth-order valence-electron chi connectivity index (χ4n) is 2.40. The normalized spacial score (nSPS) is 16.3. The third-order valence-corrected chi connectivity index (χ3v) is 4.82. The molecule has 0 aliphatic carbocycles. The fourth-order valence-corrected chi connectivity index (χ4v) is 3.18. The molecule has 1 unspecified atom stereocenters. The molecule has 8 heteroatoms. The minimum atomic E-state index is -0.237. The molecule has 0 bridgehead atoms. The summed E-state index contributed by atoms with van der Waals surface area (Å²) in [4.78, 5) is 25.0. The van der Waals surface area contributed by atoms with E-state index < -0.39 is 0 Å². The molecule has 1 aliphatic heterocycles. The number of anilines is 1. The van der Waals surface area contributed by atoms with E-state index in [9.17, 15) is 9.59 Å². The Morgan fingerprint density at radius 1 is 1.25 bits per heavy atom. The first-order valence-corrected chi connectivity index (χ1v) is 8.55. The van der Waals surface area contributed by atoms with Crippen LogP contribution in [0.4, 0.5) is 5.69 Å². The third kappa shape index (κ3) is 4.48. The zero-order valence-corrected chi connectivity index (χ0v) is 15.1. The molecule has 128 valence electrons. The summed E-state index contributed by atoms with van der Waals surface area (Å²) in [7, 11) is 0. The van der Waals surface area contributed by atoms with Crippen LogP contribution in [0.2, 0.25) is 5.02 Å². The summed E-state index contributed by atoms with van der Waals surface area (Å²) in [6.07, 6.45) is 0.918. The van der Waals surface area contributed by atoms with Gasteiger partial charge in [-0.05, 0) is 42.6 Å². The number of carbonyl (C=O) groups is 2. The third-order valence-electron chi connectivity index (χ3n) is 3.62. The summed E-state index contributed by atoms with van der Waals surface area (Å²) in [5, 5.41) is 11.1. The predicted octanol–water partition coefficient (Wildman–Crippen LogP) is 3.17. The van der Waals surface area contributed by atoms with E-state index in [1.54, 1.807) is 30.3 Å². The lowest BCUT2D eigenvalue weighted by molar-refractivity contribution is 0.0939. The van der Waals surface area contributed by atoms with Gasteiger partial charge in [0, 0.05) is 18.2 Å². The van der Waals surface area contributed by atoms with Gasteiger partial charge in [0.1, 0.15) is 0 Å². The number of amides is 2. The van der Waals surface area contributed by atoms with Crippen molar-refractivity contribution in [3.05, 3.63) is 51.2 Å². The van der Waals surface area contributed by atoms with Crippen LogP contribution in [-0.2, 0) is 0 Å². The maximum absolute atomic E-state index is 12.3. The van der Waals surface area contributed by atoms with Crippen LogP contribution >= 0.6 is 35.3 Å². The quantitative estimate of drug-likeness (QED) is 0.756. The maximum Gasteiger partial charge on any atom is 0.265 e. The molecule has 1 aromatic heterocycles. The Morgan fingerprint density at radius 3 is 2.75 bits per heavy atom. The zero-order valence-electron chi connectivity index (χ0n) is 12.7. The highest BCUT2D eigenvalue weighted by Gasteiger charge is 2.18. The number of halogens is 2. The first-order valence-electron chi connectivity index (χ1n) is 7.29. The van der Waals surface area contributed by atoms with E-state index in [4.69, 9.17) is 11.6 Å². The summed E-state index contributed by atoms with van der Waals surface area (Å²) in [5.74, 6) is -0.401. The van der Waals surface area contributed by atoms with Gasteiger partial charge in [-0.15, -0.1) is 23.7 Å². The predicted molar refractivity (Wildman–Crippen MR) is 99.7 cm³/mol. The summed E-state index contributed by atoms with van der Waals surface area (Å²) >= 11 is 7.47. The number of hydrogen-bond donors (Lipinski definition) is 3. The van der Waals surface area contributed by atoms with Gasteiger partial charge >= 0.3 is 0 Å². The Hall–Kier alpha value is -1.60. The summed E-state index contributed by atoms with van der Waals surface area (Å²) in [6.45, 7) is 1.69. The molecule has 24 heavy (non-hydrogen) atoms. The van der Waals surface area contributed by atoms with Gasteiger partial charge in [-0.25, -0.2) is 0 Å².